The maximum absolute atomic E-state index is 12.5. The zero-order valence-corrected chi connectivity index (χ0v) is 14.2. The average molecular weight is 353 g/mol. The van der Waals surface area contributed by atoms with Crippen LogP contribution in [-0.4, -0.2) is 22.5 Å². The Morgan fingerprint density at radius 1 is 1.48 bits per heavy atom. The smallest absolute Gasteiger partial charge is 0.260 e. The van der Waals surface area contributed by atoms with Gasteiger partial charge in [0.05, 0.1) is 27.6 Å². The first-order valence-corrected chi connectivity index (χ1v) is 8.16. The topological polar surface area (TPSA) is 121 Å². The highest BCUT2D eigenvalue weighted by molar-refractivity contribution is 8.07. The number of rotatable bonds is 3. The number of aromatic nitrogens is 1. The van der Waals surface area contributed by atoms with E-state index >= 15 is 0 Å². The Morgan fingerprint density at radius 3 is 2.88 bits per heavy atom. The van der Waals surface area contributed by atoms with E-state index < -0.39 is 11.8 Å². The van der Waals surface area contributed by atoms with Crippen LogP contribution in [0.3, 0.4) is 0 Å². The van der Waals surface area contributed by atoms with Crippen molar-refractivity contribution in [1.29, 1.82) is 5.41 Å². The van der Waals surface area contributed by atoms with E-state index in [0.717, 1.165) is 10.5 Å². The molecule has 3 heterocycles. The van der Waals surface area contributed by atoms with Crippen LogP contribution in [0.15, 0.2) is 58.3 Å². The SMILES string of the molecule is C=C/C(=C\C)C1=CN/C(=C2\C(=N)c3ncc(C(N)=O)cc3NC2=O)S1. The maximum atomic E-state index is 12.5. The molecule has 1 aromatic heterocycles. The van der Waals surface area contributed by atoms with Crippen molar-refractivity contribution in [3.8, 4) is 0 Å². The lowest BCUT2D eigenvalue weighted by Gasteiger charge is -2.21. The molecule has 1 aromatic rings. The highest BCUT2D eigenvalue weighted by Crippen LogP contribution is 2.38. The number of anilines is 1. The number of carbonyl (C=O) groups excluding carboxylic acids is 2. The normalized spacial score (nSPS) is 19.7. The van der Waals surface area contributed by atoms with Gasteiger partial charge in [0.15, 0.2) is 0 Å². The Kier molecular flexibility index (Phi) is 4.28. The van der Waals surface area contributed by atoms with Crippen LogP contribution < -0.4 is 16.4 Å². The van der Waals surface area contributed by atoms with Crippen LogP contribution in [0.1, 0.15) is 23.0 Å². The molecule has 126 valence electrons. The number of thioether (sulfide) groups is 1. The van der Waals surface area contributed by atoms with E-state index in [9.17, 15) is 9.59 Å². The van der Waals surface area contributed by atoms with Gasteiger partial charge in [0, 0.05) is 17.3 Å². The van der Waals surface area contributed by atoms with E-state index in [2.05, 4.69) is 22.2 Å². The number of amides is 2. The molecule has 3 rings (SSSR count). The van der Waals surface area contributed by atoms with Crippen molar-refractivity contribution >= 4 is 35.0 Å². The largest absolute Gasteiger partial charge is 0.366 e. The van der Waals surface area contributed by atoms with Gasteiger partial charge in [0.1, 0.15) is 5.69 Å². The van der Waals surface area contributed by atoms with Gasteiger partial charge < -0.3 is 16.4 Å². The first-order chi connectivity index (χ1) is 12.0. The predicted octanol–water partition coefficient (Wildman–Crippen LogP) is 2.02. The first-order valence-electron chi connectivity index (χ1n) is 7.34. The molecular formula is C17H15N5O2S. The monoisotopic (exact) mass is 353 g/mol. The minimum atomic E-state index is -0.648. The third-order valence-electron chi connectivity index (χ3n) is 3.72. The summed E-state index contributed by atoms with van der Waals surface area (Å²) in [7, 11) is 0. The van der Waals surface area contributed by atoms with Gasteiger partial charge in [-0.1, -0.05) is 30.5 Å². The summed E-state index contributed by atoms with van der Waals surface area (Å²) in [4.78, 5) is 28.8. The van der Waals surface area contributed by atoms with Crippen LogP contribution in [0.5, 0.6) is 0 Å². The Balaban J connectivity index is 1.98. The van der Waals surface area contributed by atoms with Gasteiger partial charge in [-0.15, -0.1) is 0 Å². The number of allylic oxidation sites excluding steroid dienone is 3. The molecule has 5 N–H and O–H groups in total. The minimum absolute atomic E-state index is 0.0138. The van der Waals surface area contributed by atoms with E-state index in [1.54, 1.807) is 12.3 Å². The summed E-state index contributed by atoms with van der Waals surface area (Å²) in [5.74, 6) is -1.09. The summed E-state index contributed by atoms with van der Waals surface area (Å²) in [6, 6.07) is 1.42. The van der Waals surface area contributed by atoms with Crippen LogP contribution in [0.25, 0.3) is 0 Å². The molecule has 0 fully saturated rings. The second-order valence-corrected chi connectivity index (χ2v) is 6.27. The number of nitrogens with one attached hydrogen (secondary N) is 3. The average Bonchev–Trinajstić information content (AvgIpc) is 3.04. The number of primary amides is 1. The van der Waals surface area contributed by atoms with Gasteiger partial charge in [-0.2, -0.15) is 0 Å². The Bertz CT molecular complexity index is 927. The number of pyridine rings is 1. The predicted molar refractivity (Wildman–Crippen MR) is 98.0 cm³/mol. The Labute approximate surface area is 148 Å². The molecule has 7 nitrogen and oxygen atoms in total. The molecule has 0 aromatic carbocycles. The molecule has 0 bridgehead atoms. The summed E-state index contributed by atoms with van der Waals surface area (Å²) in [6.07, 6.45) is 6.70. The van der Waals surface area contributed by atoms with E-state index in [0.29, 0.717) is 10.7 Å². The zero-order chi connectivity index (χ0) is 18.1. The van der Waals surface area contributed by atoms with Gasteiger partial charge in [0.25, 0.3) is 5.91 Å². The minimum Gasteiger partial charge on any atom is -0.366 e. The highest BCUT2D eigenvalue weighted by Gasteiger charge is 2.32. The summed E-state index contributed by atoms with van der Waals surface area (Å²) < 4.78 is 0. The molecule has 0 aliphatic carbocycles. The molecule has 2 aliphatic heterocycles. The van der Waals surface area contributed by atoms with E-state index in [1.165, 1.54) is 24.0 Å². The van der Waals surface area contributed by atoms with Crippen molar-refractivity contribution in [2.24, 2.45) is 5.73 Å². The van der Waals surface area contributed by atoms with Gasteiger partial charge >= 0.3 is 0 Å². The van der Waals surface area contributed by atoms with E-state index in [1.807, 2.05) is 13.0 Å². The van der Waals surface area contributed by atoms with Gasteiger partial charge in [-0.3, -0.25) is 20.0 Å². The van der Waals surface area contributed by atoms with Crippen LogP contribution in [0.4, 0.5) is 5.69 Å². The summed E-state index contributed by atoms with van der Waals surface area (Å²) in [5, 5.41) is 14.6. The molecule has 0 atom stereocenters. The van der Waals surface area contributed by atoms with Crippen LogP contribution >= 0.6 is 11.8 Å². The lowest BCUT2D eigenvalue weighted by molar-refractivity contribution is -0.112. The van der Waals surface area contributed by atoms with Crippen molar-refractivity contribution in [2.45, 2.75) is 6.92 Å². The van der Waals surface area contributed by atoms with E-state index in [4.69, 9.17) is 11.1 Å². The van der Waals surface area contributed by atoms with Crippen molar-refractivity contribution < 1.29 is 9.59 Å². The lowest BCUT2D eigenvalue weighted by atomic mass is 10.0. The molecule has 0 spiro atoms. The Morgan fingerprint density at radius 2 is 2.24 bits per heavy atom. The molecule has 2 amide bonds. The summed E-state index contributed by atoms with van der Waals surface area (Å²) in [5.41, 5.74) is 7.10. The molecule has 2 aliphatic rings. The van der Waals surface area contributed by atoms with Gasteiger partial charge in [0.2, 0.25) is 5.91 Å². The zero-order valence-electron chi connectivity index (χ0n) is 13.3. The highest BCUT2D eigenvalue weighted by atomic mass is 32.2. The fourth-order valence-electron chi connectivity index (χ4n) is 2.45. The number of carbonyl (C=O) groups is 2. The molecule has 0 radical (unpaired) electrons. The van der Waals surface area contributed by atoms with Gasteiger partial charge in [-0.05, 0) is 18.6 Å². The number of nitrogens with zero attached hydrogens (tertiary/aromatic N) is 1. The molecule has 0 unspecified atom stereocenters. The standard InChI is InChI=1S/C17H15N5O2S/c1-3-8(4-2)11-7-21-17(25-11)12-13(18)14-10(22-16(12)24)5-9(6-20-14)15(19)23/h3-7,18,21H,1H2,2H3,(H2,19,23)(H,22,24)/b8-4+,17-12-,18-13?. The van der Waals surface area contributed by atoms with Gasteiger partial charge in [-0.25, -0.2) is 0 Å². The summed E-state index contributed by atoms with van der Waals surface area (Å²) >= 11 is 1.35. The lowest BCUT2D eigenvalue weighted by Crippen LogP contribution is -2.31. The second kappa shape index (κ2) is 6.40. The second-order valence-electron chi connectivity index (χ2n) is 5.22. The third-order valence-corrected chi connectivity index (χ3v) is 4.82. The molecular weight excluding hydrogens is 338 g/mol. The van der Waals surface area contributed by atoms with E-state index in [-0.39, 0.29) is 22.5 Å². The van der Waals surface area contributed by atoms with Crippen LogP contribution in [0.2, 0.25) is 0 Å². The third kappa shape index (κ3) is 2.87. The van der Waals surface area contributed by atoms with Crippen molar-refractivity contribution in [1.82, 2.24) is 10.3 Å². The summed E-state index contributed by atoms with van der Waals surface area (Å²) in [6.45, 7) is 5.66. The molecule has 25 heavy (non-hydrogen) atoms. The first kappa shape index (κ1) is 16.7. The molecule has 0 saturated carbocycles. The van der Waals surface area contributed by atoms with Crippen LogP contribution in [0, 0.1) is 5.41 Å². The molecule has 8 heteroatoms. The van der Waals surface area contributed by atoms with Crippen LogP contribution in [-0.2, 0) is 4.79 Å². The van der Waals surface area contributed by atoms with Crippen molar-refractivity contribution in [3.63, 3.8) is 0 Å². The Hall–Kier alpha value is -3.13. The number of hydrogen-bond donors (Lipinski definition) is 4. The quantitative estimate of drug-likeness (QED) is 0.489. The fourth-order valence-corrected chi connectivity index (χ4v) is 3.53. The fraction of sp³-hybridized carbons (Fsp3) is 0.0588. The molecule has 0 saturated heterocycles. The van der Waals surface area contributed by atoms with Crippen molar-refractivity contribution in [2.75, 3.05) is 5.32 Å². The van der Waals surface area contributed by atoms with Crippen molar-refractivity contribution in [3.05, 3.63) is 69.5 Å². The number of nitrogens with two attached hydrogens (primary N) is 1. The number of hydrogen-bond acceptors (Lipinski definition) is 6. The maximum Gasteiger partial charge on any atom is 0.260 e. The number of fused-ring (bicyclic) bond motifs is 1.